The van der Waals surface area contributed by atoms with Gasteiger partial charge in [0.2, 0.25) is 0 Å². The number of carbonyl (C=O) groups is 1. The van der Waals surface area contributed by atoms with Crippen molar-refractivity contribution in [3.8, 4) is 0 Å². The molecule has 0 aliphatic carbocycles. The lowest BCUT2D eigenvalue weighted by Gasteiger charge is -2.23. The molecule has 4 heterocycles. The third-order valence-corrected chi connectivity index (χ3v) is 5.65. The van der Waals surface area contributed by atoms with E-state index in [1.165, 1.54) is 0 Å². The number of nitrogens with zero attached hydrogens (tertiary/aromatic N) is 6. The molecule has 0 aromatic carbocycles. The van der Waals surface area contributed by atoms with Crippen molar-refractivity contribution < 1.29 is 4.79 Å². The van der Waals surface area contributed by atoms with E-state index in [2.05, 4.69) is 35.9 Å². The lowest BCUT2D eigenvalue weighted by Crippen LogP contribution is -2.35. The van der Waals surface area contributed by atoms with Crippen LogP contribution in [0.2, 0.25) is 0 Å². The van der Waals surface area contributed by atoms with Crippen molar-refractivity contribution >= 4 is 50.0 Å². The van der Waals surface area contributed by atoms with Crippen LogP contribution in [-0.2, 0) is 7.05 Å². The number of anilines is 1. The van der Waals surface area contributed by atoms with E-state index < -0.39 is 0 Å². The first kappa shape index (κ1) is 16.5. The standard InChI is InChI=1S/C16H17BrN6OS/c1-21-14-12(13(17)20-21)15(19-10-18-14)22-4-2-5-23(7-6-22)16(24)11-3-8-25-9-11/h3,8-10H,2,4-7H2,1H3. The summed E-state index contributed by atoms with van der Waals surface area (Å²) in [7, 11) is 1.87. The molecule has 0 bridgehead atoms. The van der Waals surface area contributed by atoms with Gasteiger partial charge in [-0.15, -0.1) is 0 Å². The molecule has 1 fully saturated rings. The van der Waals surface area contributed by atoms with Gasteiger partial charge in [-0.25, -0.2) is 14.6 Å². The highest BCUT2D eigenvalue weighted by atomic mass is 79.9. The summed E-state index contributed by atoms with van der Waals surface area (Å²) in [5, 5.41) is 9.15. The number of aryl methyl sites for hydroxylation is 1. The number of rotatable bonds is 2. The second-order valence-corrected chi connectivity index (χ2v) is 7.49. The van der Waals surface area contributed by atoms with Crippen LogP contribution < -0.4 is 4.90 Å². The predicted molar refractivity (Wildman–Crippen MR) is 101 cm³/mol. The molecule has 0 unspecified atom stereocenters. The van der Waals surface area contributed by atoms with Gasteiger partial charge in [0.05, 0.1) is 10.9 Å². The molecule has 3 aromatic heterocycles. The summed E-state index contributed by atoms with van der Waals surface area (Å²) < 4.78 is 2.49. The van der Waals surface area contributed by atoms with Crippen molar-refractivity contribution in [3.63, 3.8) is 0 Å². The molecular formula is C16H17BrN6OS. The molecule has 1 saturated heterocycles. The van der Waals surface area contributed by atoms with E-state index >= 15 is 0 Å². The van der Waals surface area contributed by atoms with Gasteiger partial charge in [0.1, 0.15) is 16.7 Å². The van der Waals surface area contributed by atoms with Crippen molar-refractivity contribution in [2.45, 2.75) is 6.42 Å². The fraction of sp³-hybridized carbons (Fsp3) is 0.375. The van der Waals surface area contributed by atoms with Gasteiger partial charge >= 0.3 is 0 Å². The third kappa shape index (κ3) is 3.02. The number of aromatic nitrogens is 4. The average Bonchev–Trinajstić information content (AvgIpc) is 3.16. The molecule has 3 aromatic rings. The third-order valence-electron chi connectivity index (χ3n) is 4.41. The van der Waals surface area contributed by atoms with Gasteiger partial charge in [-0.1, -0.05) is 0 Å². The largest absolute Gasteiger partial charge is 0.354 e. The fourth-order valence-electron chi connectivity index (χ4n) is 3.17. The molecule has 0 N–H and O–H groups in total. The molecule has 9 heteroatoms. The van der Waals surface area contributed by atoms with Crippen molar-refractivity contribution in [1.29, 1.82) is 0 Å². The monoisotopic (exact) mass is 420 g/mol. The van der Waals surface area contributed by atoms with E-state index in [0.29, 0.717) is 6.54 Å². The average molecular weight is 421 g/mol. The smallest absolute Gasteiger partial charge is 0.254 e. The van der Waals surface area contributed by atoms with Gasteiger partial charge in [-0.2, -0.15) is 16.4 Å². The normalized spacial score (nSPS) is 15.6. The number of carbonyl (C=O) groups excluding carboxylic acids is 1. The van der Waals surface area contributed by atoms with Gasteiger partial charge in [0.25, 0.3) is 5.91 Å². The van der Waals surface area contributed by atoms with Gasteiger partial charge in [-0.05, 0) is 33.8 Å². The van der Waals surface area contributed by atoms with Gasteiger partial charge < -0.3 is 9.80 Å². The van der Waals surface area contributed by atoms with Crippen LogP contribution in [0.1, 0.15) is 16.8 Å². The Bertz CT molecular complexity index is 909. The lowest BCUT2D eigenvalue weighted by atomic mass is 10.3. The Balaban J connectivity index is 1.58. The van der Waals surface area contributed by atoms with Crippen LogP contribution in [0.15, 0.2) is 27.8 Å². The molecule has 0 atom stereocenters. The van der Waals surface area contributed by atoms with Crippen LogP contribution in [0.5, 0.6) is 0 Å². The summed E-state index contributed by atoms with van der Waals surface area (Å²) >= 11 is 5.06. The van der Waals surface area contributed by atoms with E-state index in [4.69, 9.17) is 0 Å². The Labute approximate surface area is 157 Å². The first-order valence-electron chi connectivity index (χ1n) is 8.05. The molecule has 1 aliphatic heterocycles. The fourth-order valence-corrected chi connectivity index (χ4v) is 4.39. The van der Waals surface area contributed by atoms with Crippen molar-refractivity contribution in [1.82, 2.24) is 24.6 Å². The van der Waals surface area contributed by atoms with Crippen molar-refractivity contribution in [3.05, 3.63) is 33.3 Å². The van der Waals surface area contributed by atoms with Gasteiger partial charge in [-0.3, -0.25) is 4.79 Å². The maximum atomic E-state index is 12.6. The lowest BCUT2D eigenvalue weighted by molar-refractivity contribution is 0.0767. The zero-order valence-electron chi connectivity index (χ0n) is 13.7. The minimum atomic E-state index is 0.110. The summed E-state index contributed by atoms with van der Waals surface area (Å²) in [4.78, 5) is 25.6. The molecule has 7 nitrogen and oxygen atoms in total. The van der Waals surface area contributed by atoms with Crippen molar-refractivity contribution in [2.24, 2.45) is 7.05 Å². The summed E-state index contributed by atoms with van der Waals surface area (Å²) in [6.07, 6.45) is 2.48. The van der Waals surface area contributed by atoms with Gasteiger partial charge in [0.15, 0.2) is 5.65 Å². The minimum Gasteiger partial charge on any atom is -0.354 e. The number of halogens is 1. The Morgan fingerprint density at radius 2 is 2.12 bits per heavy atom. The number of hydrogen-bond acceptors (Lipinski definition) is 6. The SMILES string of the molecule is Cn1nc(Br)c2c(N3CCCN(C(=O)c4ccsc4)CC3)ncnc21. The van der Waals surface area contributed by atoms with E-state index in [-0.39, 0.29) is 5.91 Å². The van der Waals surface area contributed by atoms with Crippen LogP contribution in [-0.4, -0.2) is 56.7 Å². The Morgan fingerprint density at radius 1 is 1.24 bits per heavy atom. The van der Waals surface area contributed by atoms with E-state index in [1.807, 2.05) is 28.8 Å². The van der Waals surface area contributed by atoms with Crippen LogP contribution >= 0.6 is 27.3 Å². The van der Waals surface area contributed by atoms with Crippen LogP contribution in [0, 0.1) is 0 Å². The van der Waals surface area contributed by atoms with E-state index in [1.54, 1.807) is 22.3 Å². The minimum absolute atomic E-state index is 0.110. The Kier molecular flexibility index (Phi) is 4.43. The zero-order valence-corrected chi connectivity index (χ0v) is 16.1. The molecule has 1 amide bonds. The second kappa shape index (κ2) is 6.72. The van der Waals surface area contributed by atoms with E-state index in [0.717, 1.165) is 53.1 Å². The maximum absolute atomic E-state index is 12.6. The molecule has 0 saturated carbocycles. The zero-order chi connectivity index (χ0) is 17.4. The molecule has 1 aliphatic rings. The second-order valence-electron chi connectivity index (χ2n) is 5.96. The summed E-state index contributed by atoms with van der Waals surface area (Å²) in [6, 6.07) is 1.89. The van der Waals surface area contributed by atoms with E-state index in [9.17, 15) is 4.79 Å². The van der Waals surface area contributed by atoms with Crippen LogP contribution in [0.4, 0.5) is 5.82 Å². The maximum Gasteiger partial charge on any atom is 0.254 e. The summed E-state index contributed by atoms with van der Waals surface area (Å²) in [5.41, 5.74) is 1.57. The molecule has 0 radical (unpaired) electrons. The van der Waals surface area contributed by atoms with Crippen LogP contribution in [0.3, 0.4) is 0 Å². The van der Waals surface area contributed by atoms with Gasteiger partial charge in [0, 0.05) is 38.6 Å². The topological polar surface area (TPSA) is 67.2 Å². The number of hydrogen-bond donors (Lipinski definition) is 0. The Hall–Kier alpha value is -2.00. The highest BCUT2D eigenvalue weighted by Gasteiger charge is 2.24. The van der Waals surface area contributed by atoms with Crippen molar-refractivity contribution in [2.75, 3.05) is 31.1 Å². The molecule has 25 heavy (non-hydrogen) atoms. The predicted octanol–water partition coefficient (Wildman–Crippen LogP) is 2.54. The number of fused-ring (bicyclic) bond motifs is 1. The summed E-state index contributed by atoms with van der Waals surface area (Å²) in [5.74, 6) is 0.980. The first-order chi connectivity index (χ1) is 12.1. The number of amides is 1. The molecule has 0 spiro atoms. The highest BCUT2D eigenvalue weighted by molar-refractivity contribution is 9.10. The highest BCUT2D eigenvalue weighted by Crippen LogP contribution is 2.30. The Morgan fingerprint density at radius 3 is 2.92 bits per heavy atom. The molecule has 4 rings (SSSR count). The summed E-state index contributed by atoms with van der Waals surface area (Å²) in [6.45, 7) is 3.02. The molecular weight excluding hydrogens is 404 g/mol. The first-order valence-corrected chi connectivity index (χ1v) is 9.78. The molecule has 130 valence electrons. The number of thiophene rings is 1. The quantitative estimate of drug-likeness (QED) is 0.636. The van der Waals surface area contributed by atoms with Crippen LogP contribution in [0.25, 0.3) is 11.0 Å².